The van der Waals surface area contributed by atoms with Gasteiger partial charge in [-0.15, -0.1) is 0 Å². The van der Waals surface area contributed by atoms with Gasteiger partial charge in [0.2, 0.25) is 15.9 Å². The molecule has 6 nitrogen and oxygen atoms in total. The van der Waals surface area contributed by atoms with Crippen molar-refractivity contribution < 1.29 is 13.2 Å². The number of rotatable bonds is 4. The summed E-state index contributed by atoms with van der Waals surface area (Å²) >= 11 is 0. The third-order valence-electron chi connectivity index (χ3n) is 4.79. The van der Waals surface area contributed by atoms with Crippen molar-refractivity contribution in [2.45, 2.75) is 33.6 Å². The molecule has 0 saturated carbocycles. The van der Waals surface area contributed by atoms with Gasteiger partial charge in [0.25, 0.3) is 0 Å². The highest BCUT2D eigenvalue weighted by atomic mass is 32.2. The molecule has 0 N–H and O–H groups in total. The highest BCUT2D eigenvalue weighted by molar-refractivity contribution is 7.89. The van der Waals surface area contributed by atoms with Gasteiger partial charge in [-0.05, 0) is 38.8 Å². The molecular formula is C16H27N3O3S. The molecule has 1 aliphatic rings. The lowest BCUT2D eigenvalue weighted by Gasteiger charge is -2.21. The highest BCUT2D eigenvalue weighted by Gasteiger charge is 2.25. The highest BCUT2D eigenvalue weighted by Crippen LogP contribution is 2.16. The van der Waals surface area contributed by atoms with E-state index >= 15 is 0 Å². The lowest BCUT2D eigenvalue weighted by Crippen LogP contribution is -2.38. The van der Waals surface area contributed by atoms with E-state index in [2.05, 4.69) is 10.6 Å². The van der Waals surface area contributed by atoms with E-state index in [9.17, 15) is 13.2 Å². The van der Waals surface area contributed by atoms with Crippen molar-refractivity contribution in [2.24, 2.45) is 7.05 Å². The van der Waals surface area contributed by atoms with Crippen LogP contribution in [0.2, 0.25) is 0 Å². The van der Waals surface area contributed by atoms with E-state index in [4.69, 9.17) is 0 Å². The van der Waals surface area contributed by atoms with Crippen molar-refractivity contribution in [3.8, 4) is 0 Å². The first-order chi connectivity index (χ1) is 10.8. The van der Waals surface area contributed by atoms with Gasteiger partial charge in [0.15, 0.2) is 0 Å². The van der Waals surface area contributed by atoms with Crippen LogP contribution in [0, 0.1) is 13.8 Å². The van der Waals surface area contributed by atoms with Gasteiger partial charge in [0, 0.05) is 44.6 Å². The maximum atomic E-state index is 12.6. The maximum absolute atomic E-state index is 12.6. The zero-order valence-corrected chi connectivity index (χ0v) is 15.3. The molecule has 0 atom stereocenters. The Balaban J connectivity index is 2.02. The Labute approximate surface area is 139 Å². The summed E-state index contributed by atoms with van der Waals surface area (Å²) in [5.74, 6) is 0.193. The van der Waals surface area contributed by atoms with Crippen molar-refractivity contribution in [3.05, 3.63) is 23.0 Å². The average molecular weight is 341 g/mol. The van der Waals surface area contributed by atoms with Gasteiger partial charge in [-0.3, -0.25) is 4.79 Å². The summed E-state index contributed by atoms with van der Waals surface area (Å²) in [5, 5.41) is 0. The van der Waals surface area contributed by atoms with E-state index in [1.807, 2.05) is 20.9 Å². The number of sulfonamides is 1. The number of carbonyl (C=O) groups is 1. The molecule has 1 aliphatic heterocycles. The quantitative estimate of drug-likeness (QED) is 0.823. The minimum atomic E-state index is -3.17. The van der Waals surface area contributed by atoms with Gasteiger partial charge < -0.3 is 9.47 Å². The second-order valence-corrected chi connectivity index (χ2v) is 8.42. The molecule has 1 saturated heterocycles. The minimum absolute atomic E-state index is 0.0782. The number of carbonyl (C=O) groups excluding carboxylic acids is 1. The summed E-state index contributed by atoms with van der Waals surface area (Å²) in [4.78, 5) is 14.4. The monoisotopic (exact) mass is 341 g/mol. The second kappa shape index (κ2) is 7.05. The van der Waals surface area contributed by atoms with Crippen LogP contribution < -0.4 is 0 Å². The third kappa shape index (κ3) is 3.95. The average Bonchev–Trinajstić information content (AvgIpc) is 2.74. The molecule has 0 bridgehead atoms. The summed E-state index contributed by atoms with van der Waals surface area (Å²) in [6, 6.07) is 2.05. The molecule has 7 heteroatoms. The van der Waals surface area contributed by atoms with Crippen LogP contribution >= 0.6 is 0 Å². The van der Waals surface area contributed by atoms with Crippen molar-refractivity contribution >= 4 is 15.9 Å². The minimum Gasteiger partial charge on any atom is -0.352 e. The predicted molar refractivity (Wildman–Crippen MR) is 90.8 cm³/mol. The van der Waals surface area contributed by atoms with Gasteiger partial charge in [-0.1, -0.05) is 0 Å². The molecule has 1 aromatic heterocycles. The molecule has 1 fully saturated rings. The zero-order chi connectivity index (χ0) is 17.2. The van der Waals surface area contributed by atoms with Crippen molar-refractivity contribution in [2.75, 3.05) is 31.9 Å². The Bertz CT molecular complexity index is 679. The Morgan fingerprint density at radius 3 is 2.43 bits per heavy atom. The van der Waals surface area contributed by atoms with Gasteiger partial charge in [-0.25, -0.2) is 12.7 Å². The Morgan fingerprint density at radius 2 is 1.87 bits per heavy atom. The van der Waals surface area contributed by atoms with E-state index in [1.165, 1.54) is 4.31 Å². The molecule has 130 valence electrons. The normalized spacial score (nSPS) is 17.3. The molecule has 23 heavy (non-hydrogen) atoms. The molecule has 1 aromatic rings. The number of nitrogens with zero attached hydrogens (tertiary/aromatic N) is 3. The summed E-state index contributed by atoms with van der Waals surface area (Å²) < 4.78 is 27.6. The summed E-state index contributed by atoms with van der Waals surface area (Å²) in [6.07, 6.45) is 1.08. The predicted octanol–water partition coefficient (Wildman–Crippen LogP) is 1.07. The van der Waals surface area contributed by atoms with Gasteiger partial charge in [0.05, 0.1) is 12.2 Å². The van der Waals surface area contributed by atoms with Crippen LogP contribution in [0.25, 0.3) is 0 Å². The van der Waals surface area contributed by atoms with Crippen LogP contribution in [-0.4, -0.2) is 60.0 Å². The van der Waals surface area contributed by atoms with Gasteiger partial charge >= 0.3 is 0 Å². The molecule has 0 aromatic carbocycles. The Morgan fingerprint density at radius 1 is 1.17 bits per heavy atom. The summed E-state index contributed by atoms with van der Waals surface area (Å²) in [5.41, 5.74) is 3.31. The fourth-order valence-electron chi connectivity index (χ4n) is 2.99. The SMILES string of the molecule is CCS(=O)(=O)N1CCCN(C(=O)Cc2cc(C)n(C)c2C)CC1. The first kappa shape index (κ1) is 18.0. The molecule has 1 amide bonds. The van der Waals surface area contributed by atoms with Crippen LogP contribution in [0.15, 0.2) is 6.07 Å². The molecule has 0 aliphatic carbocycles. The van der Waals surface area contributed by atoms with Crippen LogP contribution in [0.1, 0.15) is 30.3 Å². The molecule has 2 heterocycles. The first-order valence-electron chi connectivity index (χ1n) is 8.13. The Hall–Kier alpha value is -1.34. The van der Waals surface area contributed by atoms with E-state index < -0.39 is 10.0 Å². The van der Waals surface area contributed by atoms with Gasteiger partial charge in [0.1, 0.15) is 0 Å². The first-order valence-corrected chi connectivity index (χ1v) is 9.74. The van der Waals surface area contributed by atoms with E-state index in [-0.39, 0.29) is 11.7 Å². The van der Waals surface area contributed by atoms with Crippen molar-refractivity contribution in [3.63, 3.8) is 0 Å². The third-order valence-corrected chi connectivity index (χ3v) is 6.67. The lowest BCUT2D eigenvalue weighted by atomic mass is 10.1. The topological polar surface area (TPSA) is 62.6 Å². The number of amides is 1. The number of hydrogen-bond donors (Lipinski definition) is 0. The number of hydrogen-bond acceptors (Lipinski definition) is 3. The molecule has 0 unspecified atom stereocenters. The van der Waals surface area contributed by atoms with Crippen LogP contribution in [-0.2, 0) is 28.3 Å². The molecule has 0 radical (unpaired) electrons. The largest absolute Gasteiger partial charge is 0.352 e. The standard InChI is InChI=1S/C16H27N3O3S/c1-5-23(21,22)19-8-6-7-18(9-10-19)16(20)12-15-11-13(2)17(4)14(15)3/h11H,5-10,12H2,1-4H3. The maximum Gasteiger partial charge on any atom is 0.227 e. The van der Waals surface area contributed by atoms with Crippen LogP contribution in [0.4, 0.5) is 0 Å². The van der Waals surface area contributed by atoms with Crippen molar-refractivity contribution in [1.29, 1.82) is 0 Å². The fourth-order valence-corrected chi connectivity index (χ4v) is 4.12. The summed E-state index contributed by atoms with van der Waals surface area (Å²) in [6.45, 7) is 7.71. The molecule has 2 rings (SSSR count). The van der Waals surface area contributed by atoms with E-state index in [1.54, 1.807) is 11.8 Å². The van der Waals surface area contributed by atoms with E-state index in [0.29, 0.717) is 39.0 Å². The van der Waals surface area contributed by atoms with Crippen LogP contribution in [0.3, 0.4) is 0 Å². The van der Waals surface area contributed by atoms with E-state index in [0.717, 1.165) is 17.0 Å². The second-order valence-electron chi connectivity index (χ2n) is 6.17. The number of aromatic nitrogens is 1. The smallest absolute Gasteiger partial charge is 0.227 e. The number of aryl methyl sites for hydroxylation is 1. The fraction of sp³-hybridized carbons (Fsp3) is 0.688. The summed E-state index contributed by atoms with van der Waals surface area (Å²) in [7, 11) is -1.17. The lowest BCUT2D eigenvalue weighted by molar-refractivity contribution is -0.130. The van der Waals surface area contributed by atoms with Crippen LogP contribution in [0.5, 0.6) is 0 Å². The molecule has 0 spiro atoms. The molecular weight excluding hydrogens is 314 g/mol. The van der Waals surface area contributed by atoms with Gasteiger partial charge in [-0.2, -0.15) is 0 Å². The van der Waals surface area contributed by atoms with Crippen molar-refractivity contribution in [1.82, 2.24) is 13.8 Å². The zero-order valence-electron chi connectivity index (χ0n) is 14.5. The Kier molecular flexibility index (Phi) is 5.52.